The molecule has 1 rings (SSSR count). The highest BCUT2D eigenvalue weighted by Crippen LogP contribution is 1.89. The minimum absolute atomic E-state index is 0.847. The van der Waals surface area contributed by atoms with Gasteiger partial charge in [-0.05, 0) is 0 Å². The fraction of sp³-hybridized carbons (Fsp3) is 0. The number of H-pyrrole nitrogens is 1. The molecule has 1 N–H and O–H groups in total. The van der Waals surface area contributed by atoms with Crippen molar-refractivity contribution in [1.29, 1.82) is 0 Å². The lowest BCUT2D eigenvalue weighted by Gasteiger charge is -1.77. The minimum atomic E-state index is 0.847. The number of rotatable bonds is 0. The molecule has 4 heteroatoms. The molecule has 1 aromatic heterocycles. The van der Waals surface area contributed by atoms with Crippen LogP contribution in [0.3, 0.4) is 0 Å². The van der Waals surface area contributed by atoms with Crippen molar-refractivity contribution in [2.24, 2.45) is 0 Å². The summed E-state index contributed by atoms with van der Waals surface area (Å²) in [5.74, 6) is 0. The summed E-state index contributed by atoms with van der Waals surface area (Å²) in [6, 6.07) is 0. The van der Waals surface area contributed by atoms with Crippen molar-refractivity contribution in [2.45, 2.75) is 5.03 Å². The first kappa shape index (κ1) is 4.78. The molecule has 0 unspecified atom stereocenters. The molecule has 0 aliphatic heterocycles. The number of nitrogens with one attached hydrogen (secondary N) is 1. The number of imidazole rings is 1. The van der Waals surface area contributed by atoms with Crippen LogP contribution in [0, 0.1) is 0 Å². The summed E-state index contributed by atoms with van der Waals surface area (Å²) in [6.45, 7) is 0. The molecular weight excluding hydrogens is 107 g/mol. The van der Waals surface area contributed by atoms with E-state index in [9.17, 15) is 0 Å². The first-order valence-corrected chi connectivity index (χ1v) is 2.44. The smallest absolute Gasteiger partial charge is 0.167 e. The quantitative estimate of drug-likeness (QED) is 0.325. The molecule has 2 nitrogen and oxygen atoms in total. The summed E-state index contributed by atoms with van der Waals surface area (Å²) in [6.07, 6.45) is 1.62. The van der Waals surface area contributed by atoms with Gasteiger partial charge in [0, 0.05) is 5.59 Å². The topological polar surface area (TPSA) is 28.7 Å². The summed E-state index contributed by atoms with van der Waals surface area (Å²) in [4.78, 5) is 6.71. The second kappa shape index (κ2) is 1.62. The Hall–Kier alpha value is -0.375. The molecule has 0 aliphatic carbocycles. The fourth-order valence-electron chi connectivity index (χ4n) is 0.356. The van der Waals surface area contributed by atoms with Crippen LogP contribution in [0.5, 0.6) is 0 Å². The van der Waals surface area contributed by atoms with Crippen molar-refractivity contribution >= 4 is 26.1 Å². The average Bonchev–Trinajstić information content (AvgIpc) is 1.91. The second-order valence-electron chi connectivity index (χ2n) is 1.34. The van der Waals surface area contributed by atoms with Gasteiger partial charge in [-0.2, -0.15) is 0 Å². The maximum atomic E-state index is 4.03. The zero-order chi connectivity index (χ0) is 5.28. The van der Waals surface area contributed by atoms with E-state index in [1.165, 1.54) is 0 Å². The van der Waals surface area contributed by atoms with Gasteiger partial charge in [0.05, 0.1) is 11.4 Å². The minimum Gasteiger partial charge on any atom is -0.341 e. The Morgan fingerprint density at radius 3 is 2.71 bits per heavy atom. The maximum absolute atomic E-state index is 4.03. The SMILES string of the molecule is Bc1nc[nH]c1S. The largest absolute Gasteiger partial charge is 0.341 e. The van der Waals surface area contributed by atoms with Gasteiger partial charge in [-0.25, -0.2) is 0 Å². The number of hydrogen-bond donors (Lipinski definition) is 2. The number of thiol groups is 1. The molecule has 0 aliphatic rings. The normalized spacial score (nSPS) is 9.29. The number of aromatic nitrogens is 2. The predicted octanol–water partition coefficient (Wildman–Crippen LogP) is -1.04. The van der Waals surface area contributed by atoms with Gasteiger partial charge in [0.2, 0.25) is 0 Å². The Kier molecular flexibility index (Phi) is 1.10. The lowest BCUT2D eigenvalue weighted by molar-refractivity contribution is 1.22. The monoisotopic (exact) mass is 112 g/mol. The summed E-state index contributed by atoms with van der Waals surface area (Å²) < 4.78 is 0. The van der Waals surface area contributed by atoms with Crippen LogP contribution >= 0.6 is 12.6 Å². The van der Waals surface area contributed by atoms with E-state index < -0.39 is 0 Å². The van der Waals surface area contributed by atoms with Crippen LogP contribution in [0.1, 0.15) is 0 Å². The molecule has 0 aromatic carbocycles. The van der Waals surface area contributed by atoms with E-state index in [0.717, 1.165) is 10.6 Å². The standard InChI is InChI=1S/C3H5BN2S/c4-2-3(7)6-1-5-2/h1,7H,4H2,(H,5,6). The van der Waals surface area contributed by atoms with E-state index in [0.29, 0.717) is 0 Å². The predicted molar refractivity (Wildman–Crippen MR) is 34.0 cm³/mol. The first-order chi connectivity index (χ1) is 3.30. The lowest BCUT2D eigenvalue weighted by atomic mass is 10.1. The third kappa shape index (κ3) is 0.798. The van der Waals surface area contributed by atoms with Gasteiger partial charge in [0.15, 0.2) is 7.85 Å². The van der Waals surface area contributed by atoms with Crippen LogP contribution in [0.2, 0.25) is 0 Å². The van der Waals surface area contributed by atoms with Crippen LogP contribution in [-0.2, 0) is 0 Å². The summed E-state index contributed by atoms with van der Waals surface area (Å²) in [5.41, 5.74) is 0.948. The molecule has 0 spiro atoms. The first-order valence-electron chi connectivity index (χ1n) is 1.99. The number of aromatic amines is 1. The lowest BCUT2D eigenvalue weighted by Crippen LogP contribution is -2.03. The van der Waals surface area contributed by atoms with Gasteiger partial charge in [0.25, 0.3) is 0 Å². The molecule has 0 radical (unpaired) electrons. The number of hydrogen-bond acceptors (Lipinski definition) is 2. The second-order valence-corrected chi connectivity index (χ2v) is 1.78. The zero-order valence-electron chi connectivity index (χ0n) is 3.97. The summed E-state index contributed by atoms with van der Waals surface area (Å²) in [7, 11) is 1.90. The van der Waals surface area contributed by atoms with Crippen LogP contribution < -0.4 is 5.59 Å². The third-order valence-corrected chi connectivity index (χ3v) is 1.25. The fourth-order valence-corrected chi connectivity index (χ4v) is 0.471. The molecule has 1 aromatic rings. The van der Waals surface area contributed by atoms with Crippen LogP contribution in [0.15, 0.2) is 11.4 Å². The van der Waals surface area contributed by atoms with Crippen LogP contribution in [-0.4, -0.2) is 17.8 Å². The van der Waals surface area contributed by atoms with Crippen molar-refractivity contribution < 1.29 is 0 Å². The van der Waals surface area contributed by atoms with E-state index in [1.54, 1.807) is 6.33 Å². The molecule has 0 fully saturated rings. The molecule has 1 heterocycles. The van der Waals surface area contributed by atoms with Crippen molar-refractivity contribution in [3.63, 3.8) is 0 Å². The number of nitrogens with zero attached hydrogens (tertiary/aromatic N) is 1. The Morgan fingerprint density at radius 2 is 2.57 bits per heavy atom. The molecule has 0 bridgehead atoms. The van der Waals surface area contributed by atoms with E-state index in [1.807, 2.05) is 7.85 Å². The van der Waals surface area contributed by atoms with E-state index >= 15 is 0 Å². The Labute approximate surface area is 48.2 Å². The van der Waals surface area contributed by atoms with Gasteiger partial charge in [-0.1, -0.05) is 0 Å². The van der Waals surface area contributed by atoms with Crippen molar-refractivity contribution in [3.8, 4) is 0 Å². The van der Waals surface area contributed by atoms with E-state index in [4.69, 9.17) is 0 Å². The highest BCUT2D eigenvalue weighted by Gasteiger charge is 1.88. The Bertz CT molecular complexity index is 145. The Balaban J connectivity index is 3.12. The maximum Gasteiger partial charge on any atom is 0.167 e. The van der Waals surface area contributed by atoms with Gasteiger partial charge in [0.1, 0.15) is 0 Å². The molecule has 0 saturated heterocycles. The van der Waals surface area contributed by atoms with Crippen LogP contribution in [0.25, 0.3) is 0 Å². The zero-order valence-corrected chi connectivity index (χ0v) is 4.87. The van der Waals surface area contributed by atoms with Gasteiger partial charge >= 0.3 is 0 Å². The van der Waals surface area contributed by atoms with Crippen LogP contribution in [0.4, 0.5) is 0 Å². The molecule has 0 saturated carbocycles. The summed E-state index contributed by atoms with van der Waals surface area (Å²) >= 11 is 4.03. The molecule has 0 amide bonds. The van der Waals surface area contributed by atoms with Crippen molar-refractivity contribution in [3.05, 3.63) is 6.33 Å². The highest BCUT2D eigenvalue weighted by molar-refractivity contribution is 7.80. The molecule has 7 heavy (non-hydrogen) atoms. The van der Waals surface area contributed by atoms with E-state index in [-0.39, 0.29) is 0 Å². The van der Waals surface area contributed by atoms with Gasteiger partial charge < -0.3 is 4.98 Å². The van der Waals surface area contributed by atoms with E-state index in [2.05, 4.69) is 22.6 Å². The van der Waals surface area contributed by atoms with Crippen molar-refractivity contribution in [2.75, 3.05) is 0 Å². The summed E-state index contributed by atoms with van der Waals surface area (Å²) in [5, 5.41) is 0.847. The molecule has 36 valence electrons. The Morgan fingerprint density at radius 1 is 1.86 bits per heavy atom. The third-order valence-electron chi connectivity index (χ3n) is 0.802. The van der Waals surface area contributed by atoms with Gasteiger partial charge in [-0.15, -0.1) is 12.6 Å². The van der Waals surface area contributed by atoms with Gasteiger partial charge in [-0.3, -0.25) is 4.98 Å². The molecule has 0 atom stereocenters. The molecular formula is C3H5BN2S. The van der Waals surface area contributed by atoms with Crippen molar-refractivity contribution in [1.82, 2.24) is 9.97 Å². The highest BCUT2D eigenvalue weighted by atomic mass is 32.1. The average molecular weight is 112 g/mol.